The third kappa shape index (κ3) is 2.77. The molecular formula is C15H20N2O4. The van der Waals surface area contributed by atoms with Crippen LogP contribution in [-0.2, 0) is 14.3 Å². The maximum Gasteiger partial charge on any atom is 0.338 e. The lowest BCUT2D eigenvalue weighted by Crippen LogP contribution is -2.47. The highest BCUT2D eigenvalue weighted by atomic mass is 16.5. The predicted octanol–water partition coefficient (Wildman–Crippen LogP) is 1.08. The Morgan fingerprint density at radius 1 is 1.48 bits per heavy atom. The molecule has 1 saturated heterocycles. The molecule has 3 N–H and O–H groups in total. The number of carbonyl (C=O) groups is 2. The van der Waals surface area contributed by atoms with E-state index in [4.69, 9.17) is 15.2 Å². The standard InChI is InChI=1S/C15H20N2O4/c1-9-10(13(18)20-3)5-4-6-11(9)17-14(19)15(2)8-21-7-12(15)16/h4-6,12H,7-8,16H2,1-3H3,(H,17,19). The summed E-state index contributed by atoms with van der Waals surface area (Å²) >= 11 is 0. The first-order chi connectivity index (χ1) is 9.90. The van der Waals surface area contributed by atoms with E-state index in [2.05, 4.69) is 5.32 Å². The summed E-state index contributed by atoms with van der Waals surface area (Å²) in [5, 5.41) is 2.84. The van der Waals surface area contributed by atoms with Gasteiger partial charge in [-0.1, -0.05) is 6.07 Å². The first kappa shape index (κ1) is 15.5. The Morgan fingerprint density at radius 2 is 2.19 bits per heavy atom. The van der Waals surface area contributed by atoms with E-state index < -0.39 is 11.4 Å². The minimum Gasteiger partial charge on any atom is -0.465 e. The number of amides is 1. The zero-order valence-electron chi connectivity index (χ0n) is 12.4. The minimum absolute atomic E-state index is 0.211. The number of benzene rings is 1. The smallest absolute Gasteiger partial charge is 0.338 e. The van der Waals surface area contributed by atoms with Crippen molar-refractivity contribution in [2.45, 2.75) is 19.9 Å². The van der Waals surface area contributed by atoms with Crippen LogP contribution in [-0.4, -0.2) is 38.2 Å². The molecule has 0 spiro atoms. The molecule has 1 aromatic carbocycles. The fraction of sp³-hybridized carbons (Fsp3) is 0.467. The molecule has 2 rings (SSSR count). The van der Waals surface area contributed by atoms with Gasteiger partial charge in [0.25, 0.3) is 0 Å². The summed E-state index contributed by atoms with van der Waals surface area (Å²) in [6.07, 6.45) is 0. The van der Waals surface area contributed by atoms with Gasteiger partial charge < -0.3 is 20.5 Å². The zero-order chi connectivity index (χ0) is 15.6. The fourth-order valence-corrected chi connectivity index (χ4v) is 2.29. The summed E-state index contributed by atoms with van der Waals surface area (Å²) in [7, 11) is 1.32. The monoisotopic (exact) mass is 292 g/mol. The van der Waals surface area contributed by atoms with Crippen LogP contribution in [0.2, 0.25) is 0 Å². The van der Waals surface area contributed by atoms with Gasteiger partial charge in [-0.15, -0.1) is 0 Å². The fourth-order valence-electron chi connectivity index (χ4n) is 2.29. The largest absolute Gasteiger partial charge is 0.465 e. The summed E-state index contributed by atoms with van der Waals surface area (Å²) in [4.78, 5) is 24.1. The molecule has 1 aliphatic rings. The lowest BCUT2D eigenvalue weighted by molar-refractivity contribution is -0.125. The van der Waals surface area contributed by atoms with Crippen LogP contribution in [0.25, 0.3) is 0 Å². The van der Waals surface area contributed by atoms with Gasteiger partial charge in [0.2, 0.25) is 5.91 Å². The number of nitrogens with two attached hydrogens (primary N) is 1. The highest BCUT2D eigenvalue weighted by Gasteiger charge is 2.44. The van der Waals surface area contributed by atoms with Crippen LogP contribution in [0.4, 0.5) is 5.69 Å². The Kier molecular flexibility index (Phi) is 4.29. The zero-order valence-corrected chi connectivity index (χ0v) is 12.4. The molecule has 21 heavy (non-hydrogen) atoms. The Labute approximate surface area is 123 Å². The van der Waals surface area contributed by atoms with Gasteiger partial charge in [0.05, 0.1) is 31.3 Å². The van der Waals surface area contributed by atoms with Gasteiger partial charge in [0.15, 0.2) is 0 Å². The van der Waals surface area contributed by atoms with Crippen molar-refractivity contribution in [3.63, 3.8) is 0 Å². The van der Waals surface area contributed by atoms with E-state index in [-0.39, 0.29) is 18.6 Å². The van der Waals surface area contributed by atoms with E-state index in [0.717, 1.165) is 0 Å². The number of hydrogen-bond acceptors (Lipinski definition) is 5. The van der Waals surface area contributed by atoms with Crippen molar-refractivity contribution in [3.8, 4) is 0 Å². The molecule has 1 fully saturated rings. The molecule has 6 heteroatoms. The van der Waals surface area contributed by atoms with Gasteiger partial charge in [-0.25, -0.2) is 4.79 Å². The molecule has 0 aliphatic carbocycles. The van der Waals surface area contributed by atoms with E-state index in [1.165, 1.54) is 7.11 Å². The summed E-state index contributed by atoms with van der Waals surface area (Å²) in [5.41, 5.74) is 6.83. The van der Waals surface area contributed by atoms with Gasteiger partial charge in [0.1, 0.15) is 0 Å². The average molecular weight is 292 g/mol. The van der Waals surface area contributed by atoms with Crippen molar-refractivity contribution in [2.24, 2.45) is 11.1 Å². The van der Waals surface area contributed by atoms with Crippen LogP contribution in [0.3, 0.4) is 0 Å². The lowest BCUT2D eigenvalue weighted by Gasteiger charge is -2.26. The first-order valence-corrected chi connectivity index (χ1v) is 6.73. The molecule has 0 aromatic heterocycles. The average Bonchev–Trinajstić information content (AvgIpc) is 2.81. The molecule has 114 valence electrons. The molecule has 1 heterocycles. The third-order valence-electron chi connectivity index (χ3n) is 4.02. The molecule has 1 aliphatic heterocycles. The van der Waals surface area contributed by atoms with Gasteiger partial charge in [-0.3, -0.25) is 4.79 Å². The molecule has 2 atom stereocenters. The molecule has 1 aromatic rings. The van der Waals surface area contributed by atoms with Crippen LogP contribution in [0, 0.1) is 12.3 Å². The van der Waals surface area contributed by atoms with E-state index >= 15 is 0 Å². The summed E-state index contributed by atoms with van der Waals surface area (Å²) < 4.78 is 10.0. The second-order valence-corrected chi connectivity index (χ2v) is 5.46. The molecule has 0 saturated carbocycles. The van der Waals surface area contributed by atoms with Crippen LogP contribution >= 0.6 is 0 Å². The second kappa shape index (κ2) is 5.83. The number of rotatable bonds is 3. The number of carbonyl (C=O) groups excluding carboxylic acids is 2. The van der Waals surface area contributed by atoms with Crippen molar-refractivity contribution in [1.82, 2.24) is 0 Å². The number of anilines is 1. The van der Waals surface area contributed by atoms with Gasteiger partial charge in [0, 0.05) is 11.7 Å². The van der Waals surface area contributed by atoms with Crippen LogP contribution in [0.1, 0.15) is 22.8 Å². The predicted molar refractivity (Wildman–Crippen MR) is 78.0 cm³/mol. The van der Waals surface area contributed by atoms with Crippen molar-refractivity contribution in [3.05, 3.63) is 29.3 Å². The normalized spacial score (nSPS) is 24.7. The van der Waals surface area contributed by atoms with Crippen molar-refractivity contribution >= 4 is 17.6 Å². The third-order valence-corrected chi connectivity index (χ3v) is 4.02. The number of methoxy groups -OCH3 is 1. The Morgan fingerprint density at radius 3 is 2.76 bits per heavy atom. The molecule has 2 unspecified atom stereocenters. The summed E-state index contributed by atoms with van der Waals surface area (Å²) in [5.74, 6) is -0.645. The second-order valence-electron chi connectivity index (χ2n) is 5.46. The quantitative estimate of drug-likeness (QED) is 0.814. The van der Waals surface area contributed by atoms with E-state index in [0.29, 0.717) is 23.4 Å². The molecular weight excluding hydrogens is 272 g/mol. The van der Waals surface area contributed by atoms with Crippen molar-refractivity contribution in [2.75, 3.05) is 25.6 Å². The lowest BCUT2D eigenvalue weighted by atomic mass is 9.84. The molecule has 1 amide bonds. The van der Waals surface area contributed by atoms with Crippen LogP contribution in [0.5, 0.6) is 0 Å². The number of nitrogens with one attached hydrogen (secondary N) is 1. The highest BCUT2D eigenvalue weighted by Crippen LogP contribution is 2.30. The molecule has 0 bridgehead atoms. The Bertz CT molecular complexity index is 573. The van der Waals surface area contributed by atoms with Gasteiger partial charge in [-0.05, 0) is 31.5 Å². The van der Waals surface area contributed by atoms with Crippen LogP contribution < -0.4 is 11.1 Å². The Balaban J connectivity index is 2.24. The first-order valence-electron chi connectivity index (χ1n) is 6.73. The maximum atomic E-state index is 12.5. The van der Waals surface area contributed by atoms with Crippen LogP contribution in [0.15, 0.2) is 18.2 Å². The number of esters is 1. The Hall–Kier alpha value is -1.92. The molecule has 6 nitrogen and oxygen atoms in total. The summed E-state index contributed by atoms with van der Waals surface area (Å²) in [6, 6.07) is 4.75. The number of ether oxygens (including phenoxy) is 2. The van der Waals surface area contributed by atoms with E-state index in [1.54, 1.807) is 32.0 Å². The summed E-state index contributed by atoms with van der Waals surface area (Å²) in [6.45, 7) is 4.19. The van der Waals surface area contributed by atoms with Gasteiger partial charge in [-0.2, -0.15) is 0 Å². The highest BCUT2D eigenvalue weighted by molar-refractivity contribution is 5.99. The maximum absolute atomic E-state index is 12.5. The van der Waals surface area contributed by atoms with E-state index in [9.17, 15) is 9.59 Å². The SMILES string of the molecule is COC(=O)c1cccc(NC(=O)C2(C)COCC2N)c1C. The van der Waals surface area contributed by atoms with E-state index in [1.807, 2.05) is 0 Å². The van der Waals surface area contributed by atoms with Crippen molar-refractivity contribution < 1.29 is 19.1 Å². The van der Waals surface area contributed by atoms with Gasteiger partial charge >= 0.3 is 5.97 Å². The molecule has 0 radical (unpaired) electrons. The number of hydrogen-bond donors (Lipinski definition) is 2. The minimum atomic E-state index is -0.770. The van der Waals surface area contributed by atoms with Crippen molar-refractivity contribution in [1.29, 1.82) is 0 Å². The topological polar surface area (TPSA) is 90.6 Å².